The molecular weight excluding hydrogens is 321 g/mol. The number of nitrogens with one attached hydrogen (secondary N) is 1. The third kappa shape index (κ3) is 4.55. The van der Waals surface area contributed by atoms with Crippen LogP contribution in [0.5, 0.6) is 0 Å². The maximum absolute atomic E-state index is 12.5. The predicted octanol–water partition coefficient (Wildman–Crippen LogP) is 3.41. The van der Waals surface area contributed by atoms with Gasteiger partial charge in [-0.25, -0.2) is 0 Å². The van der Waals surface area contributed by atoms with Crippen molar-refractivity contribution in [2.24, 2.45) is 5.92 Å². The van der Waals surface area contributed by atoms with Crippen LogP contribution in [0.3, 0.4) is 0 Å². The van der Waals surface area contributed by atoms with Crippen molar-refractivity contribution in [3.63, 3.8) is 0 Å². The Morgan fingerprint density at radius 1 is 1.25 bits per heavy atom. The van der Waals surface area contributed by atoms with Crippen LogP contribution in [0.2, 0.25) is 0 Å². The number of carbonyl (C=O) groups is 1. The summed E-state index contributed by atoms with van der Waals surface area (Å²) in [7, 11) is 0. The summed E-state index contributed by atoms with van der Waals surface area (Å²) in [5.74, 6) is -0.744. The van der Waals surface area contributed by atoms with Crippen molar-refractivity contribution < 1.29 is 23.1 Å². The van der Waals surface area contributed by atoms with Crippen molar-refractivity contribution in [3.05, 3.63) is 59.4 Å². The molecule has 24 heavy (non-hydrogen) atoms. The lowest BCUT2D eigenvalue weighted by Gasteiger charge is -2.14. The second-order valence-electron chi connectivity index (χ2n) is 5.48. The van der Waals surface area contributed by atoms with E-state index in [9.17, 15) is 23.1 Å². The lowest BCUT2D eigenvalue weighted by atomic mass is 9.99. The molecule has 0 spiro atoms. The van der Waals surface area contributed by atoms with Gasteiger partial charge in [0.1, 0.15) is 0 Å². The van der Waals surface area contributed by atoms with Gasteiger partial charge in [0.2, 0.25) is 5.91 Å². The number of anilines is 1. The number of hydrogen-bond donors (Lipinski definition) is 2. The Morgan fingerprint density at radius 2 is 1.92 bits per heavy atom. The van der Waals surface area contributed by atoms with E-state index in [1.165, 1.54) is 24.5 Å². The van der Waals surface area contributed by atoms with Crippen molar-refractivity contribution in [2.45, 2.75) is 26.1 Å². The molecule has 1 heterocycles. The molecule has 0 aliphatic heterocycles. The summed E-state index contributed by atoms with van der Waals surface area (Å²) in [4.78, 5) is 16.1. The number of hydrogen-bond acceptors (Lipinski definition) is 3. The van der Waals surface area contributed by atoms with Gasteiger partial charge in [-0.3, -0.25) is 9.78 Å². The normalized spacial score (nSPS) is 12.7. The van der Waals surface area contributed by atoms with Gasteiger partial charge in [-0.15, -0.1) is 0 Å². The molecular formula is C17H17F3N2O2. The smallest absolute Gasteiger partial charge is 0.392 e. The molecule has 1 atom stereocenters. The van der Waals surface area contributed by atoms with E-state index in [1.54, 1.807) is 13.0 Å². The number of nitrogens with zero attached hydrogens (tertiary/aromatic N) is 1. The molecule has 1 amide bonds. The van der Waals surface area contributed by atoms with Crippen LogP contribution in [-0.2, 0) is 24.0 Å². The zero-order valence-corrected chi connectivity index (χ0v) is 13.0. The Bertz CT molecular complexity index is 700. The monoisotopic (exact) mass is 338 g/mol. The quantitative estimate of drug-likeness (QED) is 0.878. The van der Waals surface area contributed by atoms with Gasteiger partial charge < -0.3 is 10.4 Å². The molecule has 4 nitrogen and oxygen atoms in total. The Kier molecular flexibility index (Phi) is 5.56. The third-order valence-electron chi connectivity index (χ3n) is 3.61. The molecule has 0 bridgehead atoms. The van der Waals surface area contributed by atoms with E-state index in [0.717, 1.165) is 12.1 Å². The number of alkyl halides is 3. The summed E-state index contributed by atoms with van der Waals surface area (Å²) >= 11 is 0. The number of amides is 1. The second kappa shape index (κ2) is 7.44. The minimum Gasteiger partial charge on any atom is -0.392 e. The van der Waals surface area contributed by atoms with E-state index >= 15 is 0 Å². The minimum atomic E-state index is -4.37. The standard InChI is InChI=1S/C17H17F3N2O2/c1-11(8-12-2-4-14(5-3-12)17(18,19)20)16(24)22-15-9-21-7-6-13(15)10-23/h2-7,9,11,23H,8,10H2,1H3,(H,22,24). The fourth-order valence-electron chi connectivity index (χ4n) is 2.21. The lowest BCUT2D eigenvalue weighted by molar-refractivity contribution is -0.137. The van der Waals surface area contributed by atoms with E-state index in [4.69, 9.17) is 0 Å². The van der Waals surface area contributed by atoms with Gasteiger partial charge >= 0.3 is 6.18 Å². The summed E-state index contributed by atoms with van der Waals surface area (Å²) < 4.78 is 37.6. The highest BCUT2D eigenvalue weighted by atomic mass is 19.4. The largest absolute Gasteiger partial charge is 0.416 e. The van der Waals surface area contributed by atoms with E-state index in [2.05, 4.69) is 10.3 Å². The highest BCUT2D eigenvalue weighted by Crippen LogP contribution is 2.29. The number of rotatable bonds is 5. The zero-order chi connectivity index (χ0) is 17.7. The van der Waals surface area contributed by atoms with Crippen LogP contribution < -0.4 is 5.32 Å². The van der Waals surface area contributed by atoms with Gasteiger partial charge in [-0.1, -0.05) is 19.1 Å². The van der Waals surface area contributed by atoms with Crippen molar-refractivity contribution in [1.82, 2.24) is 4.98 Å². The topological polar surface area (TPSA) is 62.2 Å². The van der Waals surface area contributed by atoms with E-state index in [1.807, 2.05) is 0 Å². The average molecular weight is 338 g/mol. The molecule has 7 heteroatoms. The number of benzene rings is 1. The van der Waals surface area contributed by atoms with E-state index < -0.39 is 17.7 Å². The minimum absolute atomic E-state index is 0.231. The van der Waals surface area contributed by atoms with E-state index in [0.29, 0.717) is 23.2 Å². The number of aromatic nitrogens is 1. The molecule has 0 fully saturated rings. The summed E-state index contributed by atoms with van der Waals surface area (Å²) in [6, 6.07) is 6.34. The molecule has 0 aliphatic rings. The van der Waals surface area contributed by atoms with Gasteiger partial charge in [0.05, 0.1) is 24.1 Å². The first-order valence-corrected chi connectivity index (χ1v) is 7.32. The van der Waals surface area contributed by atoms with Gasteiger partial charge in [0, 0.05) is 17.7 Å². The van der Waals surface area contributed by atoms with Gasteiger partial charge in [0.15, 0.2) is 0 Å². The number of aliphatic hydroxyl groups is 1. The molecule has 1 aromatic heterocycles. The third-order valence-corrected chi connectivity index (χ3v) is 3.61. The molecule has 2 N–H and O–H groups in total. The van der Waals surface area contributed by atoms with Crippen molar-refractivity contribution in [1.29, 1.82) is 0 Å². The molecule has 0 saturated heterocycles. The highest BCUT2D eigenvalue weighted by Gasteiger charge is 2.30. The summed E-state index contributed by atoms with van der Waals surface area (Å²) in [6.45, 7) is 1.45. The molecule has 0 saturated carbocycles. The first-order chi connectivity index (χ1) is 11.3. The first-order valence-electron chi connectivity index (χ1n) is 7.32. The molecule has 2 rings (SSSR count). The SMILES string of the molecule is CC(Cc1ccc(C(F)(F)F)cc1)C(=O)Nc1cnccc1CO. The Labute approximate surface area is 137 Å². The van der Waals surface area contributed by atoms with Crippen LogP contribution in [-0.4, -0.2) is 16.0 Å². The van der Waals surface area contributed by atoms with Gasteiger partial charge in [-0.2, -0.15) is 13.2 Å². The molecule has 2 aromatic rings. The van der Waals surface area contributed by atoms with Crippen molar-refractivity contribution in [2.75, 3.05) is 5.32 Å². The Balaban J connectivity index is 2.01. The van der Waals surface area contributed by atoms with Crippen LogP contribution in [0.25, 0.3) is 0 Å². The fraction of sp³-hybridized carbons (Fsp3) is 0.294. The summed E-state index contributed by atoms with van der Waals surface area (Å²) in [5.41, 5.74) is 0.884. The summed E-state index contributed by atoms with van der Waals surface area (Å²) in [5, 5.41) is 11.9. The first kappa shape index (κ1) is 17.9. The van der Waals surface area contributed by atoms with E-state index in [-0.39, 0.29) is 12.5 Å². The number of halogens is 3. The highest BCUT2D eigenvalue weighted by molar-refractivity contribution is 5.93. The fourth-order valence-corrected chi connectivity index (χ4v) is 2.21. The van der Waals surface area contributed by atoms with Crippen LogP contribution in [0.15, 0.2) is 42.7 Å². The molecule has 1 aromatic carbocycles. The van der Waals surface area contributed by atoms with Crippen molar-refractivity contribution >= 4 is 11.6 Å². The number of aliphatic hydroxyl groups excluding tert-OH is 1. The van der Waals surface area contributed by atoms with Crippen LogP contribution >= 0.6 is 0 Å². The number of carbonyl (C=O) groups excluding carboxylic acids is 1. The molecule has 1 unspecified atom stereocenters. The summed E-state index contributed by atoms with van der Waals surface area (Å²) in [6.07, 6.45) is -1.12. The average Bonchev–Trinajstić information content (AvgIpc) is 2.55. The lowest BCUT2D eigenvalue weighted by Crippen LogP contribution is -2.23. The molecule has 0 radical (unpaired) electrons. The van der Waals surface area contributed by atoms with Gasteiger partial charge in [-0.05, 0) is 30.2 Å². The van der Waals surface area contributed by atoms with Crippen LogP contribution in [0, 0.1) is 5.92 Å². The maximum atomic E-state index is 12.5. The Hall–Kier alpha value is -2.41. The zero-order valence-electron chi connectivity index (χ0n) is 13.0. The van der Waals surface area contributed by atoms with Gasteiger partial charge in [0.25, 0.3) is 0 Å². The number of pyridine rings is 1. The van der Waals surface area contributed by atoms with Crippen molar-refractivity contribution in [3.8, 4) is 0 Å². The molecule has 128 valence electrons. The predicted molar refractivity (Wildman–Crippen MR) is 83.1 cm³/mol. The molecule has 0 aliphatic carbocycles. The van der Waals surface area contributed by atoms with Crippen LogP contribution in [0.1, 0.15) is 23.6 Å². The second-order valence-corrected chi connectivity index (χ2v) is 5.48. The maximum Gasteiger partial charge on any atom is 0.416 e. The Morgan fingerprint density at radius 3 is 2.50 bits per heavy atom. The van der Waals surface area contributed by atoms with Crippen LogP contribution in [0.4, 0.5) is 18.9 Å².